The van der Waals surface area contributed by atoms with E-state index < -0.39 is 10.0 Å². The molecule has 0 unspecified atom stereocenters. The van der Waals surface area contributed by atoms with Crippen LogP contribution in [-0.2, 0) is 14.8 Å². The van der Waals surface area contributed by atoms with E-state index in [0.29, 0.717) is 30.3 Å². The van der Waals surface area contributed by atoms with E-state index in [1.165, 1.54) is 22.5 Å². The summed E-state index contributed by atoms with van der Waals surface area (Å²) in [4.78, 5) is 12.4. The topological polar surface area (TPSA) is 84.9 Å². The number of ether oxygens (including phenoxy) is 2. The molecule has 0 fully saturated rings. The van der Waals surface area contributed by atoms with Crippen molar-refractivity contribution in [1.29, 1.82) is 0 Å². The molecule has 0 spiro atoms. The van der Waals surface area contributed by atoms with Gasteiger partial charge in [-0.15, -0.1) is 0 Å². The molecule has 7 nitrogen and oxygen atoms in total. The first-order valence-electron chi connectivity index (χ1n) is 9.16. The predicted octanol–water partition coefficient (Wildman–Crippen LogP) is 3.39. The minimum atomic E-state index is -3.52. The summed E-state index contributed by atoms with van der Waals surface area (Å²) in [6, 6.07) is 11.4. The Labute approximate surface area is 172 Å². The molecule has 0 heterocycles. The average molecular weight is 419 g/mol. The molecule has 2 aromatic rings. The number of hydrogen-bond donors (Lipinski definition) is 1. The average Bonchev–Trinajstić information content (AvgIpc) is 2.73. The number of methoxy groups -OCH3 is 2. The summed E-state index contributed by atoms with van der Waals surface area (Å²) in [7, 11) is -0.414. The van der Waals surface area contributed by atoms with E-state index in [-0.39, 0.29) is 10.8 Å². The summed E-state index contributed by atoms with van der Waals surface area (Å²) >= 11 is 0. The van der Waals surface area contributed by atoms with Gasteiger partial charge in [-0.1, -0.05) is 13.8 Å². The standard InChI is InChI=1S/C21H26N2O5S/c1-5-23(6-2)29(25,26)20-10-8-17(9-11-20)22-21(24)12-7-16-13-18(27-3)15-19(14-16)28-4/h7-15H,5-6H2,1-4H3,(H,22,24)/b12-7+. The fourth-order valence-corrected chi connectivity index (χ4v) is 4.16. The normalized spacial score (nSPS) is 11.6. The summed E-state index contributed by atoms with van der Waals surface area (Å²) < 4.78 is 36.8. The molecule has 0 saturated carbocycles. The summed E-state index contributed by atoms with van der Waals surface area (Å²) in [5, 5.41) is 2.71. The molecular weight excluding hydrogens is 392 g/mol. The van der Waals surface area contributed by atoms with Gasteiger partial charge in [-0.2, -0.15) is 4.31 Å². The van der Waals surface area contributed by atoms with Crippen LogP contribution < -0.4 is 14.8 Å². The summed E-state index contributed by atoms with van der Waals surface area (Å²) in [6.07, 6.45) is 3.02. The molecule has 0 aliphatic heterocycles. The highest BCUT2D eigenvalue weighted by Crippen LogP contribution is 2.23. The number of anilines is 1. The second-order valence-corrected chi connectivity index (χ2v) is 8.02. The van der Waals surface area contributed by atoms with Gasteiger partial charge < -0.3 is 14.8 Å². The van der Waals surface area contributed by atoms with Crippen molar-refractivity contribution in [2.75, 3.05) is 32.6 Å². The number of hydrogen-bond acceptors (Lipinski definition) is 5. The first-order chi connectivity index (χ1) is 13.8. The Bertz CT molecular complexity index is 943. The van der Waals surface area contributed by atoms with Gasteiger partial charge in [-0.3, -0.25) is 4.79 Å². The number of carbonyl (C=O) groups is 1. The first kappa shape index (κ1) is 22.4. The van der Waals surface area contributed by atoms with Gasteiger partial charge in [0, 0.05) is 30.9 Å². The van der Waals surface area contributed by atoms with Crippen LogP contribution in [0.1, 0.15) is 19.4 Å². The molecule has 29 heavy (non-hydrogen) atoms. The Kier molecular flexibility index (Phi) is 7.81. The second kappa shape index (κ2) is 10.1. The van der Waals surface area contributed by atoms with Crippen LogP contribution in [0.2, 0.25) is 0 Å². The molecule has 0 bridgehead atoms. The van der Waals surface area contributed by atoms with Crippen LogP contribution in [0.25, 0.3) is 6.08 Å². The zero-order chi connectivity index (χ0) is 21.4. The van der Waals surface area contributed by atoms with Crippen molar-refractivity contribution in [1.82, 2.24) is 4.31 Å². The Balaban J connectivity index is 2.09. The van der Waals surface area contributed by atoms with Crippen molar-refractivity contribution in [2.45, 2.75) is 18.7 Å². The lowest BCUT2D eigenvalue weighted by atomic mass is 10.2. The van der Waals surface area contributed by atoms with E-state index in [9.17, 15) is 13.2 Å². The number of benzene rings is 2. The molecule has 2 aromatic carbocycles. The molecule has 2 rings (SSSR count). The van der Waals surface area contributed by atoms with Gasteiger partial charge in [0.15, 0.2) is 0 Å². The second-order valence-electron chi connectivity index (χ2n) is 6.08. The maximum atomic E-state index is 12.5. The molecule has 1 N–H and O–H groups in total. The van der Waals surface area contributed by atoms with E-state index in [4.69, 9.17) is 9.47 Å². The third-order valence-corrected chi connectivity index (χ3v) is 6.33. The van der Waals surface area contributed by atoms with Crippen LogP contribution >= 0.6 is 0 Å². The van der Waals surface area contributed by atoms with Crippen molar-refractivity contribution >= 4 is 27.7 Å². The Hall–Kier alpha value is -2.84. The molecule has 8 heteroatoms. The van der Waals surface area contributed by atoms with E-state index in [0.717, 1.165) is 5.56 Å². The Morgan fingerprint density at radius 1 is 1.00 bits per heavy atom. The van der Waals surface area contributed by atoms with E-state index >= 15 is 0 Å². The SMILES string of the molecule is CCN(CC)S(=O)(=O)c1ccc(NC(=O)/C=C/c2cc(OC)cc(OC)c2)cc1. The number of carbonyl (C=O) groups excluding carboxylic acids is 1. The monoisotopic (exact) mass is 418 g/mol. The van der Waals surface area contributed by atoms with Crippen molar-refractivity contribution < 1.29 is 22.7 Å². The summed E-state index contributed by atoms with van der Waals surface area (Å²) in [5.74, 6) is 0.898. The zero-order valence-corrected chi connectivity index (χ0v) is 17.8. The number of amides is 1. The fourth-order valence-electron chi connectivity index (χ4n) is 2.70. The number of rotatable bonds is 9. The van der Waals surface area contributed by atoms with Crippen LogP contribution in [0.5, 0.6) is 11.5 Å². The van der Waals surface area contributed by atoms with Gasteiger partial charge in [0.2, 0.25) is 15.9 Å². The molecule has 0 aromatic heterocycles. The largest absolute Gasteiger partial charge is 0.497 e. The van der Waals surface area contributed by atoms with Crippen LogP contribution in [0.15, 0.2) is 53.4 Å². The van der Waals surface area contributed by atoms with Crippen LogP contribution in [0.4, 0.5) is 5.69 Å². The summed E-state index contributed by atoms with van der Waals surface area (Å²) in [6.45, 7) is 4.38. The van der Waals surface area contributed by atoms with Crippen LogP contribution in [-0.4, -0.2) is 45.9 Å². The summed E-state index contributed by atoms with van der Waals surface area (Å²) in [5.41, 5.74) is 1.25. The minimum absolute atomic E-state index is 0.193. The van der Waals surface area contributed by atoms with Gasteiger partial charge in [0.05, 0.1) is 19.1 Å². The molecule has 1 amide bonds. The van der Waals surface area contributed by atoms with E-state index in [1.807, 2.05) is 0 Å². The maximum absolute atomic E-state index is 12.5. The molecule has 0 atom stereocenters. The predicted molar refractivity (Wildman–Crippen MR) is 114 cm³/mol. The Morgan fingerprint density at radius 2 is 1.55 bits per heavy atom. The van der Waals surface area contributed by atoms with Crippen molar-refractivity contribution in [3.8, 4) is 11.5 Å². The van der Waals surface area contributed by atoms with Gasteiger partial charge in [-0.25, -0.2) is 8.42 Å². The molecule has 156 valence electrons. The molecular formula is C21H26N2O5S. The molecule has 0 aliphatic rings. The van der Waals surface area contributed by atoms with Gasteiger partial charge >= 0.3 is 0 Å². The third kappa shape index (κ3) is 5.82. The van der Waals surface area contributed by atoms with E-state index in [1.54, 1.807) is 64.5 Å². The highest BCUT2D eigenvalue weighted by atomic mass is 32.2. The van der Waals surface area contributed by atoms with Crippen LogP contribution in [0.3, 0.4) is 0 Å². The lowest BCUT2D eigenvalue weighted by molar-refractivity contribution is -0.111. The van der Waals surface area contributed by atoms with E-state index in [2.05, 4.69) is 5.32 Å². The van der Waals surface area contributed by atoms with Gasteiger partial charge in [0.25, 0.3) is 0 Å². The zero-order valence-electron chi connectivity index (χ0n) is 17.0. The molecule has 0 radical (unpaired) electrons. The quantitative estimate of drug-likeness (QED) is 0.631. The first-order valence-corrected chi connectivity index (χ1v) is 10.6. The smallest absolute Gasteiger partial charge is 0.248 e. The van der Waals surface area contributed by atoms with Crippen LogP contribution in [0, 0.1) is 0 Å². The molecule has 0 saturated heterocycles. The maximum Gasteiger partial charge on any atom is 0.248 e. The number of sulfonamides is 1. The molecule has 0 aliphatic carbocycles. The minimum Gasteiger partial charge on any atom is -0.497 e. The fraction of sp³-hybridized carbons (Fsp3) is 0.286. The number of nitrogens with zero attached hydrogens (tertiary/aromatic N) is 1. The third-order valence-electron chi connectivity index (χ3n) is 4.27. The highest BCUT2D eigenvalue weighted by molar-refractivity contribution is 7.89. The van der Waals surface area contributed by atoms with Crippen molar-refractivity contribution in [3.63, 3.8) is 0 Å². The van der Waals surface area contributed by atoms with Gasteiger partial charge in [0.1, 0.15) is 11.5 Å². The van der Waals surface area contributed by atoms with Crippen molar-refractivity contribution in [3.05, 3.63) is 54.1 Å². The van der Waals surface area contributed by atoms with Gasteiger partial charge in [-0.05, 0) is 48.0 Å². The Morgan fingerprint density at radius 3 is 2.03 bits per heavy atom. The lowest BCUT2D eigenvalue weighted by Crippen LogP contribution is -2.30. The number of nitrogens with one attached hydrogen (secondary N) is 1. The lowest BCUT2D eigenvalue weighted by Gasteiger charge is -2.18. The highest BCUT2D eigenvalue weighted by Gasteiger charge is 2.21. The van der Waals surface area contributed by atoms with Crippen molar-refractivity contribution in [2.24, 2.45) is 0 Å².